The molecule has 1 amide bonds. The van der Waals surface area contributed by atoms with E-state index in [-0.39, 0.29) is 24.4 Å². The molecule has 0 radical (unpaired) electrons. The first kappa shape index (κ1) is 12.5. The molecule has 2 unspecified atom stereocenters. The molecule has 94 valence electrons. The van der Waals surface area contributed by atoms with E-state index in [0.29, 0.717) is 13.1 Å². The molecular weight excluding hydrogens is 228 g/mol. The Morgan fingerprint density at radius 2 is 2.50 bits per heavy atom. The van der Waals surface area contributed by atoms with Crippen LogP contribution in [0.25, 0.3) is 0 Å². The number of amides is 1. The summed E-state index contributed by atoms with van der Waals surface area (Å²) >= 11 is 0. The normalized spacial score (nSPS) is 23.8. The zero-order valence-electron chi connectivity index (χ0n) is 10.3. The summed E-state index contributed by atoms with van der Waals surface area (Å²) in [7, 11) is 0. The first-order valence-electron chi connectivity index (χ1n) is 6.01. The minimum Gasteiger partial charge on any atom is -0.335 e. The molecule has 2 rings (SSSR count). The van der Waals surface area contributed by atoms with Gasteiger partial charge in [0.05, 0.1) is 12.5 Å². The number of nitriles is 1. The van der Waals surface area contributed by atoms with E-state index in [1.54, 1.807) is 17.3 Å². The van der Waals surface area contributed by atoms with Crippen molar-refractivity contribution in [3.63, 3.8) is 0 Å². The fourth-order valence-electron chi connectivity index (χ4n) is 2.20. The molecule has 5 nitrogen and oxygen atoms in total. The molecule has 0 bridgehead atoms. The van der Waals surface area contributed by atoms with Gasteiger partial charge in [0.15, 0.2) is 0 Å². The Morgan fingerprint density at radius 1 is 1.67 bits per heavy atom. The lowest BCUT2D eigenvalue weighted by atomic mass is 10.1. The number of hydrogen-bond acceptors (Lipinski definition) is 4. The predicted molar refractivity (Wildman–Crippen MR) is 66.3 cm³/mol. The summed E-state index contributed by atoms with van der Waals surface area (Å²) in [4.78, 5) is 18.0. The molecule has 1 N–H and O–H groups in total. The molecule has 2 atom stereocenters. The second kappa shape index (κ2) is 5.61. The molecule has 1 aromatic heterocycles. The van der Waals surface area contributed by atoms with E-state index in [1.807, 2.05) is 19.1 Å². The van der Waals surface area contributed by atoms with Gasteiger partial charge in [-0.05, 0) is 18.6 Å². The summed E-state index contributed by atoms with van der Waals surface area (Å²) in [5.41, 5.74) is 1.01. The van der Waals surface area contributed by atoms with Crippen LogP contribution in [0.15, 0.2) is 24.5 Å². The number of piperazine rings is 1. The molecule has 1 aliphatic rings. The third kappa shape index (κ3) is 2.84. The van der Waals surface area contributed by atoms with Crippen LogP contribution in [0.4, 0.5) is 0 Å². The van der Waals surface area contributed by atoms with Gasteiger partial charge in [-0.3, -0.25) is 9.78 Å². The van der Waals surface area contributed by atoms with Crippen LogP contribution in [0.5, 0.6) is 0 Å². The topological polar surface area (TPSA) is 69.0 Å². The van der Waals surface area contributed by atoms with Gasteiger partial charge in [-0.2, -0.15) is 5.26 Å². The summed E-state index contributed by atoms with van der Waals surface area (Å²) in [6, 6.07) is 5.69. The van der Waals surface area contributed by atoms with Gasteiger partial charge in [-0.15, -0.1) is 0 Å². The van der Waals surface area contributed by atoms with Crippen molar-refractivity contribution >= 4 is 5.91 Å². The van der Waals surface area contributed by atoms with Gasteiger partial charge in [-0.1, -0.05) is 6.07 Å². The predicted octanol–water partition coefficient (Wildman–Crippen LogP) is 0.684. The van der Waals surface area contributed by atoms with Crippen LogP contribution >= 0.6 is 0 Å². The second-order valence-corrected chi connectivity index (χ2v) is 4.56. The molecule has 2 heterocycles. The summed E-state index contributed by atoms with van der Waals surface area (Å²) in [6.45, 7) is 3.24. The number of rotatable bonds is 3. The molecule has 1 saturated heterocycles. The molecule has 5 heteroatoms. The van der Waals surface area contributed by atoms with Crippen molar-refractivity contribution in [2.75, 3.05) is 6.54 Å². The van der Waals surface area contributed by atoms with E-state index < -0.39 is 0 Å². The molecule has 0 aliphatic carbocycles. The average molecular weight is 244 g/mol. The monoisotopic (exact) mass is 244 g/mol. The van der Waals surface area contributed by atoms with E-state index in [1.165, 1.54) is 0 Å². The van der Waals surface area contributed by atoms with Gasteiger partial charge >= 0.3 is 0 Å². The van der Waals surface area contributed by atoms with Crippen molar-refractivity contribution in [2.45, 2.75) is 32.0 Å². The van der Waals surface area contributed by atoms with E-state index in [9.17, 15) is 4.79 Å². The quantitative estimate of drug-likeness (QED) is 0.849. The van der Waals surface area contributed by atoms with E-state index in [2.05, 4.69) is 16.4 Å². The van der Waals surface area contributed by atoms with Gasteiger partial charge in [0.2, 0.25) is 5.91 Å². The number of carbonyl (C=O) groups is 1. The van der Waals surface area contributed by atoms with Crippen molar-refractivity contribution < 1.29 is 4.79 Å². The minimum absolute atomic E-state index is 0.00139. The van der Waals surface area contributed by atoms with Gasteiger partial charge in [0.1, 0.15) is 6.04 Å². The maximum Gasteiger partial charge on any atom is 0.241 e. The number of nitrogens with zero attached hydrogens (tertiary/aromatic N) is 3. The van der Waals surface area contributed by atoms with Crippen LogP contribution in [0.3, 0.4) is 0 Å². The zero-order chi connectivity index (χ0) is 13.0. The van der Waals surface area contributed by atoms with Crippen LogP contribution in [-0.2, 0) is 11.3 Å². The summed E-state index contributed by atoms with van der Waals surface area (Å²) in [6.07, 6.45) is 3.69. The third-order valence-electron chi connectivity index (χ3n) is 2.98. The number of nitrogens with one attached hydrogen (secondary N) is 1. The van der Waals surface area contributed by atoms with Crippen molar-refractivity contribution in [3.8, 4) is 6.07 Å². The molecule has 18 heavy (non-hydrogen) atoms. The van der Waals surface area contributed by atoms with E-state index in [0.717, 1.165) is 5.56 Å². The molecular formula is C13H16N4O. The second-order valence-electron chi connectivity index (χ2n) is 4.56. The van der Waals surface area contributed by atoms with Gasteiger partial charge in [0, 0.05) is 31.5 Å². The molecule has 0 saturated carbocycles. The van der Waals surface area contributed by atoms with Crippen molar-refractivity contribution in [1.82, 2.24) is 15.2 Å². The van der Waals surface area contributed by atoms with Crippen molar-refractivity contribution in [3.05, 3.63) is 30.1 Å². The number of aromatic nitrogens is 1. The largest absolute Gasteiger partial charge is 0.335 e. The lowest BCUT2D eigenvalue weighted by Crippen LogP contribution is -2.58. The van der Waals surface area contributed by atoms with Crippen LogP contribution in [-0.4, -0.2) is 34.4 Å². The average Bonchev–Trinajstić information content (AvgIpc) is 2.36. The van der Waals surface area contributed by atoms with Crippen LogP contribution in [0.1, 0.15) is 18.9 Å². The lowest BCUT2D eigenvalue weighted by molar-refractivity contribution is -0.137. The van der Waals surface area contributed by atoms with E-state index in [4.69, 9.17) is 5.26 Å². The highest BCUT2D eigenvalue weighted by Crippen LogP contribution is 2.12. The fourth-order valence-corrected chi connectivity index (χ4v) is 2.20. The Labute approximate surface area is 106 Å². The molecule has 1 aromatic rings. The Kier molecular flexibility index (Phi) is 3.90. The van der Waals surface area contributed by atoms with Gasteiger partial charge in [-0.25, -0.2) is 0 Å². The third-order valence-corrected chi connectivity index (χ3v) is 2.98. The lowest BCUT2D eigenvalue weighted by Gasteiger charge is -2.36. The Hall–Kier alpha value is -1.93. The smallest absolute Gasteiger partial charge is 0.241 e. The van der Waals surface area contributed by atoms with Gasteiger partial charge in [0.25, 0.3) is 0 Å². The SMILES string of the molecule is CC1CN(Cc2cccnc2)C(=O)C(CC#N)N1. The Balaban J connectivity index is 2.07. The van der Waals surface area contributed by atoms with Crippen LogP contribution < -0.4 is 5.32 Å². The maximum absolute atomic E-state index is 12.2. The standard InChI is InChI=1S/C13H16N4O/c1-10-8-17(9-11-3-2-6-15-7-11)13(18)12(16-10)4-5-14/h2-3,6-7,10,12,16H,4,8-9H2,1H3. The zero-order valence-corrected chi connectivity index (χ0v) is 10.3. The van der Waals surface area contributed by atoms with Crippen molar-refractivity contribution in [2.24, 2.45) is 0 Å². The molecule has 1 fully saturated rings. The minimum atomic E-state index is -0.379. The molecule has 0 aromatic carbocycles. The first-order valence-corrected chi connectivity index (χ1v) is 6.01. The van der Waals surface area contributed by atoms with Crippen LogP contribution in [0, 0.1) is 11.3 Å². The highest BCUT2D eigenvalue weighted by atomic mass is 16.2. The van der Waals surface area contributed by atoms with E-state index >= 15 is 0 Å². The molecule has 1 aliphatic heterocycles. The number of pyridine rings is 1. The number of hydrogen-bond donors (Lipinski definition) is 1. The molecule has 0 spiro atoms. The Bertz CT molecular complexity index is 454. The first-order chi connectivity index (χ1) is 8.70. The fraction of sp³-hybridized carbons (Fsp3) is 0.462. The van der Waals surface area contributed by atoms with Crippen molar-refractivity contribution in [1.29, 1.82) is 5.26 Å². The number of carbonyl (C=O) groups excluding carboxylic acids is 1. The maximum atomic E-state index is 12.2. The summed E-state index contributed by atoms with van der Waals surface area (Å²) in [5, 5.41) is 11.9. The highest BCUT2D eigenvalue weighted by Gasteiger charge is 2.31. The van der Waals surface area contributed by atoms with Crippen LogP contribution in [0.2, 0.25) is 0 Å². The summed E-state index contributed by atoms with van der Waals surface area (Å²) in [5.74, 6) is -0.00139. The summed E-state index contributed by atoms with van der Waals surface area (Å²) < 4.78 is 0. The van der Waals surface area contributed by atoms with Gasteiger partial charge < -0.3 is 10.2 Å². The highest BCUT2D eigenvalue weighted by molar-refractivity contribution is 5.83. The Morgan fingerprint density at radius 3 is 3.17 bits per heavy atom.